The second-order valence-corrected chi connectivity index (χ2v) is 4.07. The summed E-state index contributed by atoms with van der Waals surface area (Å²) in [5.41, 5.74) is 0. The number of hydrogen-bond donors (Lipinski definition) is 1. The number of carbonyl (C=O) groups is 2. The van der Waals surface area contributed by atoms with Crippen molar-refractivity contribution in [3.8, 4) is 0 Å². The van der Waals surface area contributed by atoms with Crippen LogP contribution in [0.25, 0.3) is 0 Å². The van der Waals surface area contributed by atoms with Crippen molar-refractivity contribution in [1.29, 1.82) is 0 Å². The van der Waals surface area contributed by atoms with Crippen LogP contribution in [0.15, 0.2) is 12.7 Å². The number of hydrogen-bond acceptors (Lipinski definition) is 3. The summed E-state index contributed by atoms with van der Waals surface area (Å²) < 4.78 is 4.96. The summed E-state index contributed by atoms with van der Waals surface area (Å²) in [6.45, 7) is 5.71. The highest BCUT2D eigenvalue weighted by Gasteiger charge is 2.43. The van der Waals surface area contributed by atoms with E-state index in [1.807, 2.05) is 0 Å². The van der Waals surface area contributed by atoms with Crippen LogP contribution in [0.2, 0.25) is 0 Å². The van der Waals surface area contributed by atoms with Gasteiger partial charge in [-0.25, -0.2) is 0 Å². The van der Waals surface area contributed by atoms with Crippen molar-refractivity contribution in [2.24, 2.45) is 17.8 Å². The third-order valence-corrected chi connectivity index (χ3v) is 3.17. The molecule has 1 N–H and O–H groups in total. The molecule has 0 saturated heterocycles. The molecule has 0 radical (unpaired) electrons. The molecule has 0 aromatic carbocycles. The fraction of sp³-hybridized carbons (Fsp3) is 0.667. The first-order valence-electron chi connectivity index (χ1n) is 5.62. The van der Waals surface area contributed by atoms with Gasteiger partial charge in [0.25, 0.3) is 0 Å². The summed E-state index contributed by atoms with van der Waals surface area (Å²) >= 11 is 0. The number of rotatable bonds is 5. The third-order valence-electron chi connectivity index (χ3n) is 3.17. The molecule has 1 aliphatic rings. The minimum atomic E-state index is -0.821. The van der Waals surface area contributed by atoms with Crippen molar-refractivity contribution < 1.29 is 19.4 Å². The molecule has 90 valence electrons. The Labute approximate surface area is 95.3 Å². The predicted octanol–water partition coefficient (Wildman–Crippen LogP) is 1.85. The molecule has 1 rings (SSSR count). The van der Waals surface area contributed by atoms with Crippen LogP contribution in [0.5, 0.6) is 0 Å². The Morgan fingerprint density at radius 1 is 1.44 bits per heavy atom. The summed E-state index contributed by atoms with van der Waals surface area (Å²) in [5, 5.41) is 9.05. The number of carboxylic acid groups (broad SMARTS) is 1. The van der Waals surface area contributed by atoms with E-state index in [0.29, 0.717) is 25.9 Å². The molecule has 1 aliphatic carbocycles. The Bertz CT molecular complexity index is 285. The normalized spacial score (nSPS) is 28.7. The van der Waals surface area contributed by atoms with Gasteiger partial charge in [-0.05, 0) is 32.1 Å². The monoisotopic (exact) mass is 226 g/mol. The lowest BCUT2D eigenvalue weighted by Gasteiger charge is -2.19. The van der Waals surface area contributed by atoms with Crippen molar-refractivity contribution in [2.75, 3.05) is 6.61 Å². The summed E-state index contributed by atoms with van der Waals surface area (Å²) in [6, 6.07) is 0. The van der Waals surface area contributed by atoms with E-state index >= 15 is 0 Å². The highest BCUT2D eigenvalue weighted by molar-refractivity contribution is 5.77. The van der Waals surface area contributed by atoms with Gasteiger partial charge in [-0.15, -0.1) is 6.58 Å². The van der Waals surface area contributed by atoms with Crippen molar-refractivity contribution in [3.63, 3.8) is 0 Å². The van der Waals surface area contributed by atoms with Gasteiger partial charge in [-0.2, -0.15) is 0 Å². The lowest BCUT2D eigenvalue weighted by molar-refractivity contribution is -0.150. The van der Waals surface area contributed by atoms with Gasteiger partial charge < -0.3 is 9.84 Å². The van der Waals surface area contributed by atoms with E-state index < -0.39 is 11.9 Å². The van der Waals surface area contributed by atoms with Crippen molar-refractivity contribution in [3.05, 3.63) is 12.7 Å². The second-order valence-electron chi connectivity index (χ2n) is 4.07. The van der Waals surface area contributed by atoms with Crippen LogP contribution in [0.1, 0.15) is 26.2 Å². The van der Waals surface area contributed by atoms with Gasteiger partial charge in [0.2, 0.25) is 0 Å². The number of carboxylic acids is 1. The Balaban J connectivity index is 2.74. The Morgan fingerprint density at radius 2 is 2.06 bits per heavy atom. The van der Waals surface area contributed by atoms with Crippen LogP contribution >= 0.6 is 0 Å². The van der Waals surface area contributed by atoms with E-state index in [0.717, 1.165) is 0 Å². The Hall–Kier alpha value is -1.32. The molecular weight excluding hydrogens is 208 g/mol. The van der Waals surface area contributed by atoms with E-state index in [-0.39, 0.29) is 17.8 Å². The molecular formula is C12H18O4. The smallest absolute Gasteiger partial charge is 0.309 e. The zero-order chi connectivity index (χ0) is 12.1. The van der Waals surface area contributed by atoms with Crippen molar-refractivity contribution in [1.82, 2.24) is 0 Å². The maximum Gasteiger partial charge on any atom is 0.309 e. The van der Waals surface area contributed by atoms with Gasteiger partial charge in [0.1, 0.15) is 0 Å². The van der Waals surface area contributed by atoms with Crippen LogP contribution in [0.4, 0.5) is 0 Å². The third kappa shape index (κ3) is 2.62. The molecule has 1 saturated carbocycles. The number of ether oxygens (including phenoxy) is 1. The van der Waals surface area contributed by atoms with Gasteiger partial charge in [0.05, 0.1) is 18.4 Å². The molecule has 4 heteroatoms. The van der Waals surface area contributed by atoms with Crippen LogP contribution < -0.4 is 0 Å². The predicted molar refractivity (Wildman–Crippen MR) is 58.8 cm³/mol. The summed E-state index contributed by atoms with van der Waals surface area (Å²) in [6.07, 6.45) is 3.39. The van der Waals surface area contributed by atoms with E-state index in [4.69, 9.17) is 9.84 Å². The van der Waals surface area contributed by atoms with Gasteiger partial charge in [-0.3, -0.25) is 9.59 Å². The standard InChI is InChI=1S/C12H18O4/c1-3-5-8-9(11(13)14)6-7-10(8)12(15)16-4-2/h3,8-10H,1,4-7H2,2H3,(H,13,14)/t8-,9-,10-/m1/s1. The number of aliphatic carboxylic acids is 1. The molecule has 16 heavy (non-hydrogen) atoms. The van der Waals surface area contributed by atoms with Gasteiger partial charge >= 0.3 is 11.9 Å². The first-order valence-corrected chi connectivity index (χ1v) is 5.62. The van der Waals surface area contributed by atoms with Crippen molar-refractivity contribution in [2.45, 2.75) is 26.2 Å². The molecule has 1 fully saturated rings. The molecule has 3 atom stereocenters. The van der Waals surface area contributed by atoms with E-state index in [1.54, 1.807) is 13.0 Å². The minimum Gasteiger partial charge on any atom is -0.481 e. The lowest BCUT2D eigenvalue weighted by Crippen LogP contribution is -2.27. The highest BCUT2D eigenvalue weighted by atomic mass is 16.5. The fourth-order valence-corrected chi connectivity index (χ4v) is 2.44. The van der Waals surface area contributed by atoms with Gasteiger partial charge in [-0.1, -0.05) is 6.08 Å². The molecule has 0 unspecified atom stereocenters. The maximum absolute atomic E-state index is 11.6. The van der Waals surface area contributed by atoms with E-state index in [9.17, 15) is 9.59 Å². The molecule has 0 amide bonds. The molecule has 0 aromatic rings. The topological polar surface area (TPSA) is 63.6 Å². The maximum atomic E-state index is 11.6. The minimum absolute atomic E-state index is 0.158. The molecule has 0 bridgehead atoms. The average molecular weight is 226 g/mol. The quantitative estimate of drug-likeness (QED) is 0.574. The van der Waals surface area contributed by atoms with Crippen LogP contribution in [0, 0.1) is 17.8 Å². The fourth-order valence-electron chi connectivity index (χ4n) is 2.44. The molecule has 0 aromatic heterocycles. The van der Waals surface area contributed by atoms with Crippen LogP contribution in [-0.4, -0.2) is 23.7 Å². The molecule has 0 aliphatic heterocycles. The van der Waals surface area contributed by atoms with E-state index in [2.05, 4.69) is 6.58 Å². The summed E-state index contributed by atoms with van der Waals surface area (Å²) in [7, 11) is 0. The van der Waals surface area contributed by atoms with Crippen LogP contribution in [-0.2, 0) is 14.3 Å². The Morgan fingerprint density at radius 3 is 2.56 bits per heavy atom. The Kier molecular flexibility index (Phi) is 4.52. The van der Waals surface area contributed by atoms with Crippen molar-refractivity contribution >= 4 is 11.9 Å². The lowest BCUT2D eigenvalue weighted by atomic mass is 9.86. The molecule has 0 heterocycles. The zero-order valence-corrected chi connectivity index (χ0v) is 9.52. The number of allylic oxidation sites excluding steroid dienone is 1. The summed E-state index contributed by atoms with van der Waals surface area (Å²) in [4.78, 5) is 22.7. The first-order chi connectivity index (χ1) is 7.61. The summed E-state index contributed by atoms with van der Waals surface area (Å²) in [5.74, 6) is -1.96. The second kappa shape index (κ2) is 5.68. The average Bonchev–Trinajstić information content (AvgIpc) is 2.62. The van der Waals surface area contributed by atoms with Crippen LogP contribution in [0.3, 0.4) is 0 Å². The van der Waals surface area contributed by atoms with E-state index in [1.165, 1.54) is 0 Å². The molecule has 0 spiro atoms. The number of carbonyl (C=O) groups excluding carboxylic acids is 1. The SMILES string of the molecule is C=CC[C@@H]1[C@H](C(=O)O)CC[C@H]1C(=O)OCC. The first kappa shape index (κ1) is 12.7. The van der Waals surface area contributed by atoms with Gasteiger partial charge in [0, 0.05) is 0 Å². The zero-order valence-electron chi connectivity index (χ0n) is 9.52. The molecule has 4 nitrogen and oxygen atoms in total. The van der Waals surface area contributed by atoms with Gasteiger partial charge in [0.15, 0.2) is 0 Å². The number of esters is 1. The highest BCUT2D eigenvalue weighted by Crippen LogP contribution is 2.40. The largest absolute Gasteiger partial charge is 0.481 e.